The van der Waals surface area contributed by atoms with Gasteiger partial charge < -0.3 is 0 Å². The quantitative estimate of drug-likeness (QED) is 0.400. The largest absolute Gasteiger partial charge is 0.116 e. The molecule has 1 heteroatoms. The first kappa shape index (κ1) is 18.1. The molecule has 0 bridgehead atoms. The van der Waals surface area contributed by atoms with Crippen LogP contribution < -0.4 is 15.9 Å². The average Bonchev–Trinajstić information content (AvgIpc) is 2.73. The minimum Gasteiger partial charge on any atom is -0.0991 e. The highest BCUT2D eigenvalue weighted by atomic mass is 31.2. The Morgan fingerprint density at radius 3 is 1.35 bits per heavy atom. The minimum atomic E-state index is -1.84. The molecule has 0 spiro atoms. The summed E-state index contributed by atoms with van der Waals surface area (Å²) in [4.78, 5) is 0. The van der Waals surface area contributed by atoms with Crippen LogP contribution in [0.2, 0.25) is 0 Å². The van der Waals surface area contributed by atoms with Gasteiger partial charge in [0.25, 0.3) is 0 Å². The zero-order valence-corrected chi connectivity index (χ0v) is 15.9. The van der Waals surface area contributed by atoms with Gasteiger partial charge in [-0.2, -0.15) is 0 Å². The Balaban J connectivity index is 2.33. The summed E-state index contributed by atoms with van der Waals surface area (Å²) in [6, 6.07) is 32.7. The van der Waals surface area contributed by atoms with Gasteiger partial charge in [-0.1, -0.05) is 86.0 Å². The van der Waals surface area contributed by atoms with Crippen LogP contribution in [-0.2, 0) is 0 Å². The molecular weight excluding hydrogens is 331 g/mol. The number of allylic oxidation sites excluding steroid dienone is 4. The van der Waals surface area contributed by atoms with E-state index in [-0.39, 0.29) is 0 Å². The van der Waals surface area contributed by atoms with Gasteiger partial charge in [0.05, 0.1) is 6.16 Å². The van der Waals surface area contributed by atoms with Crippen LogP contribution in [-0.4, -0.2) is 6.16 Å². The minimum absolute atomic E-state index is 0.931. The first-order chi connectivity index (χ1) is 12.8. The molecular formula is C25H24P+. The SMILES string of the molecule is C=C/C=C(\C=C)C[P+](c1ccccc1)(c1ccccc1)c1ccccc1. The van der Waals surface area contributed by atoms with Crippen LogP contribution in [0, 0.1) is 0 Å². The van der Waals surface area contributed by atoms with Gasteiger partial charge in [0.2, 0.25) is 0 Å². The molecule has 128 valence electrons. The second-order valence-corrected chi connectivity index (χ2v) is 9.64. The standard InChI is InChI=1S/C25H24P/c1-3-14-22(4-2)21-26(23-15-8-5-9-16-23,24-17-10-6-11-18-24)25-19-12-7-13-20-25/h3-20H,1-2,21H2/q+1/b22-14+. The molecule has 0 unspecified atom stereocenters. The van der Waals surface area contributed by atoms with Crippen molar-refractivity contribution in [3.8, 4) is 0 Å². The van der Waals surface area contributed by atoms with Crippen LogP contribution in [0.3, 0.4) is 0 Å². The molecule has 0 N–H and O–H groups in total. The molecule has 0 aliphatic carbocycles. The molecule has 0 aliphatic rings. The maximum absolute atomic E-state index is 4.05. The second kappa shape index (κ2) is 8.61. The number of rotatable bonds is 7. The highest BCUT2D eigenvalue weighted by Crippen LogP contribution is 2.56. The van der Waals surface area contributed by atoms with Crippen LogP contribution in [0.4, 0.5) is 0 Å². The van der Waals surface area contributed by atoms with Crippen molar-refractivity contribution < 1.29 is 0 Å². The highest BCUT2D eigenvalue weighted by Gasteiger charge is 2.45. The Morgan fingerprint density at radius 2 is 1.04 bits per heavy atom. The zero-order chi connectivity index (χ0) is 18.2. The van der Waals surface area contributed by atoms with Gasteiger partial charge in [-0.05, 0) is 42.0 Å². The second-order valence-electron chi connectivity index (χ2n) is 6.16. The lowest BCUT2D eigenvalue weighted by atomic mass is 10.3. The number of hydrogen-bond donors (Lipinski definition) is 0. The zero-order valence-electron chi connectivity index (χ0n) is 15.0. The Morgan fingerprint density at radius 1 is 0.654 bits per heavy atom. The van der Waals surface area contributed by atoms with Gasteiger partial charge in [-0.3, -0.25) is 0 Å². The van der Waals surface area contributed by atoms with Crippen LogP contribution in [0.5, 0.6) is 0 Å². The van der Waals surface area contributed by atoms with E-state index in [0.29, 0.717) is 0 Å². The van der Waals surface area contributed by atoms with Gasteiger partial charge >= 0.3 is 0 Å². The molecule has 26 heavy (non-hydrogen) atoms. The van der Waals surface area contributed by atoms with Crippen molar-refractivity contribution in [3.63, 3.8) is 0 Å². The Bertz CT molecular complexity index is 781. The van der Waals surface area contributed by atoms with E-state index < -0.39 is 7.26 Å². The summed E-state index contributed by atoms with van der Waals surface area (Å²) in [5, 5.41) is 4.15. The first-order valence-electron chi connectivity index (χ1n) is 8.80. The van der Waals surface area contributed by atoms with Crippen molar-refractivity contribution >= 4 is 23.2 Å². The fraction of sp³-hybridized carbons (Fsp3) is 0.0400. The fourth-order valence-corrected chi connectivity index (χ4v) is 7.65. The normalized spacial score (nSPS) is 11.8. The van der Waals surface area contributed by atoms with Crippen LogP contribution >= 0.6 is 7.26 Å². The molecule has 0 amide bonds. The predicted molar refractivity (Wildman–Crippen MR) is 118 cm³/mol. The molecule has 0 saturated carbocycles. The first-order valence-corrected chi connectivity index (χ1v) is 10.8. The van der Waals surface area contributed by atoms with E-state index in [1.807, 2.05) is 12.2 Å². The fourth-order valence-electron chi connectivity index (χ4n) is 3.38. The van der Waals surface area contributed by atoms with E-state index in [9.17, 15) is 0 Å². The van der Waals surface area contributed by atoms with E-state index in [0.717, 1.165) is 6.16 Å². The van der Waals surface area contributed by atoms with Crippen molar-refractivity contribution in [1.82, 2.24) is 0 Å². The maximum atomic E-state index is 4.05. The third-order valence-corrected chi connectivity index (χ3v) is 8.98. The Labute approximate surface area is 157 Å². The van der Waals surface area contributed by atoms with Crippen LogP contribution in [0.1, 0.15) is 0 Å². The van der Waals surface area contributed by atoms with E-state index in [1.54, 1.807) is 0 Å². The van der Waals surface area contributed by atoms with Crippen molar-refractivity contribution in [2.24, 2.45) is 0 Å². The van der Waals surface area contributed by atoms with Gasteiger partial charge in [0, 0.05) is 0 Å². The lowest BCUT2D eigenvalue weighted by Gasteiger charge is -2.28. The van der Waals surface area contributed by atoms with E-state index in [1.165, 1.54) is 21.5 Å². The third kappa shape index (κ3) is 3.62. The summed E-state index contributed by atoms with van der Waals surface area (Å²) in [6.07, 6.45) is 6.83. The van der Waals surface area contributed by atoms with Crippen molar-refractivity contribution in [1.29, 1.82) is 0 Å². The third-order valence-electron chi connectivity index (χ3n) is 4.60. The van der Waals surface area contributed by atoms with Gasteiger partial charge in [-0.25, -0.2) is 0 Å². The maximum Gasteiger partial charge on any atom is 0.116 e. The van der Waals surface area contributed by atoms with Gasteiger partial charge in [0.1, 0.15) is 23.2 Å². The number of hydrogen-bond acceptors (Lipinski definition) is 0. The van der Waals surface area contributed by atoms with Crippen molar-refractivity contribution in [2.45, 2.75) is 0 Å². The summed E-state index contributed by atoms with van der Waals surface area (Å²) in [6.45, 7) is 7.93. The molecule has 0 heterocycles. The highest BCUT2D eigenvalue weighted by molar-refractivity contribution is 7.95. The lowest BCUT2D eigenvalue weighted by Crippen LogP contribution is -2.33. The van der Waals surface area contributed by atoms with Gasteiger partial charge in [-0.15, -0.1) is 0 Å². The molecule has 0 fully saturated rings. The summed E-state index contributed by atoms with van der Waals surface area (Å²) in [5.41, 5.74) is 1.21. The van der Waals surface area contributed by atoms with Crippen molar-refractivity contribution in [2.75, 3.05) is 6.16 Å². The van der Waals surface area contributed by atoms with Crippen LogP contribution in [0.25, 0.3) is 0 Å². The van der Waals surface area contributed by atoms with Crippen molar-refractivity contribution in [3.05, 3.63) is 128 Å². The topological polar surface area (TPSA) is 0 Å². The average molecular weight is 355 g/mol. The Kier molecular flexibility index (Phi) is 6.00. The molecule has 0 nitrogen and oxygen atoms in total. The molecule has 0 aliphatic heterocycles. The number of benzene rings is 3. The monoisotopic (exact) mass is 355 g/mol. The molecule has 0 radical (unpaired) electrons. The smallest absolute Gasteiger partial charge is 0.0991 e. The lowest BCUT2D eigenvalue weighted by molar-refractivity contribution is 1.52. The predicted octanol–water partition coefficient (Wildman–Crippen LogP) is 5.28. The summed E-state index contributed by atoms with van der Waals surface area (Å²) < 4.78 is 0. The summed E-state index contributed by atoms with van der Waals surface area (Å²) in [5.74, 6) is 0. The molecule has 3 aromatic carbocycles. The molecule has 0 aromatic heterocycles. The van der Waals surface area contributed by atoms with E-state index >= 15 is 0 Å². The van der Waals surface area contributed by atoms with Gasteiger partial charge in [0.15, 0.2) is 0 Å². The summed E-state index contributed by atoms with van der Waals surface area (Å²) in [7, 11) is -1.84. The molecule has 0 atom stereocenters. The van der Waals surface area contributed by atoms with E-state index in [4.69, 9.17) is 0 Å². The summed E-state index contributed by atoms with van der Waals surface area (Å²) >= 11 is 0. The van der Waals surface area contributed by atoms with E-state index in [2.05, 4.69) is 110 Å². The van der Waals surface area contributed by atoms with Crippen LogP contribution in [0.15, 0.2) is 128 Å². The molecule has 0 saturated heterocycles. The molecule has 3 aromatic rings. The molecule has 3 rings (SSSR count). The Hall–Kier alpha value is -2.69.